The predicted octanol–water partition coefficient (Wildman–Crippen LogP) is 3.63. The second kappa shape index (κ2) is 5.35. The standard InChI is InChI=1S/C17H18O2/c1-18-15-9-10-17-14(11-15)12-16(19-17)8-7-13-5-3-2-4-6-13/h2-6,9-11,16H,7-8,12H2,1H3/t16-/m0/s1. The minimum absolute atomic E-state index is 0.294. The molecule has 0 aromatic heterocycles. The SMILES string of the molecule is COc1ccc2c(c1)C[C@H](CCc1ccccc1)O2. The van der Waals surface area contributed by atoms with Crippen molar-refractivity contribution in [1.82, 2.24) is 0 Å². The number of rotatable bonds is 4. The first kappa shape index (κ1) is 12.1. The highest BCUT2D eigenvalue weighted by atomic mass is 16.5. The Morgan fingerprint density at radius 2 is 2.00 bits per heavy atom. The molecule has 0 saturated carbocycles. The van der Waals surface area contributed by atoms with Crippen molar-refractivity contribution in [3.63, 3.8) is 0 Å². The molecule has 3 rings (SSSR count). The number of benzene rings is 2. The van der Waals surface area contributed by atoms with Crippen LogP contribution >= 0.6 is 0 Å². The number of hydrogen-bond acceptors (Lipinski definition) is 2. The maximum atomic E-state index is 5.97. The molecule has 2 nitrogen and oxygen atoms in total. The van der Waals surface area contributed by atoms with Crippen LogP contribution in [-0.2, 0) is 12.8 Å². The Morgan fingerprint density at radius 1 is 1.16 bits per heavy atom. The normalized spacial score (nSPS) is 16.8. The average Bonchev–Trinajstić information content (AvgIpc) is 2.88. The molecule has 0 fully saturated rings. The van der Waals surface area contributed by atoms with Gasteiger partial charge in [0.15, 0.2) is 0 Å². The zero-order valence-electron chi connectivity index (χ0n) is 11.1. The summed E-state index contributed by atoms with van der Waals surface area (Å²) in [6.45, 7) is 0. The van der Waals surface area contributed by atoms with Gasteiger partial charge in [-0.1, -0.05) is 30.3 Å². The van der Waals surface area contributed by atoms with Gasteiger partial charge in [0.2, 0.25) is 0 Å². The van der Waals surface area contributed by atoms with Crippen LogP contribution in [-0.4, -0.2) is 13.2 Å². The van der Waals surface area contributed by atoms with E-state index in [0.717, 1.165) is 30.8 Å². The van der Waals surface area contributed by atoms with Crippen LogP contribution in [0.2, 0.25) is 0 Å². The molecule has 0 amide bonds. The van der Waals surface area contributed by atoms with E-state index in [-0.39, 0.29) is 0 Å². The molecule has 1 aliphatic heterocycles. The lowest BCUT2D eigenvalue weighted by Gasteiger charge is -2.10. The van der Waals surface area contributed by atoms with Gasteiger partial charge in [0, 0.05) is 12.0 Å². The molecule has 0 radical (unpaired) electrons. The van der Waals surface area contributed by atoms with Gasteiger partial charge in [-0.15, -0.1) is 0 Å². The zero-order valence-corrected chi connectivity index (χ0v) is 11.1. The molecule has 19 heavy (non-hydrogen) atoms. The Labute approximate surface area is 114 Å². The summed E-state index contributed by atoms with van der Waals surface area (Å²) >= 11 is 0. The molecule has 1 atom stereocenters. The first-order valence-electron chi connectivity index (χ1n) is 6.72. The van der Waals surface area contributed by atoms with E-state index in [4.69, 9.17) is 9.47 Å². The Bertz CT molecular complexity index is 548. The quantitative estimate of drug-likeness (QED) is 0.829. The fraction of sp³-hybridized carbons (Fsp3) is 0.294. The largest absolute Gasteiger partial charge is 0.497 e. The van der Waals surface area contributed by atoms with Gasteiger partial charge >= 0.3 is 0 Å². The Hall–Kier alpha value is -1.96. The van der Waals surface area contributed by atoms with Crippen molar-refractivity contribution in [2.75, 3.05) is 7.11 Å². The van der Waals surface area contributed by atoms with Gasteiger partial charge in [-0.25, -0.2) is 0 Å². The zero-order chi connectivity index (χ0) is 13.1. The molecule has 1 heterocycles. The van der Waals surface area contributed by atoms with E-state index in [1.807, 2.05) is 12.1 Å². The molecule has 0 unspecified atom stereocenters. The molecule has 0 N–H and O–H groups in total. The second-order valence-corrected chi connectivity index (χ2v) is 4.94. The number of methoxy groups -OCH3 is 1. The van der Waals surface area contributed by atoms with Crippen molar-refractivity contribution >= 4 is 0 Å². The van der Waals surface area contributed by atoms with Crippen LogP contribution in [0.1, 0.15) is 17.5 Å². The maximum Gasteiger partial charge on any atom is 0.123 e. The lowest BCUT2D eigenvalue weighted by atomic mass is 10.0. The monoisotopic (exact) mass is 254 g/mol. The van der Waals surface area contributed by atoms with Crippen molar-refractivity contribution in [2.24, 2.45) is 0 Å². The van der Waals surface area contributed by atoms with Crippen molar-refractivity contribution in [1.29, 1.82) is 0 Å². The first-order chi connectivity index (χ1) is 9.35. The lowest BCUT2D eigenvalue weighted by Crippen LogP contribution is -2.13. The highest BCUT2D eigenvalue weighted by Gasteiger charge is 2.22. The van der Waals surface area contributed by atoms with Crippen molar-refractivity contribution in [3.8, 4) is 11.5 Å². The molecule has 0 aliphatic carbocycles. The highest BCUT2D eigenvalue weighted by molar-refractivity contribution is 5.43. The predicted molar refractivity (Wildman–Crippen MR) is 75.9 cm³/mol. The first-order valence-corrected chi connectivity index (χ1v) is 6.72. The van der Waals surface area contributed by atoms with Crippen molar-refractivity contribution in [2.45, 2.75) is 25.4 Å². The smallest absolute Gasteiger partial charge is 0.123 e. The average molecular weight is 254 g/mol. The van der Waals surface area contributed by atoms with Crippen LogP contribution in [0.5, 0.6) is 11.5 Å². The maximum absolute atomic E-state index is 5.97. The Kier molecular flexibility index (Phi) is 3.41. The van der Waals surface area contributed by atoms with E-state index in [1.165, 1.54) is 11.1 Å². The van der Waals surface area contributed by atoms with E-state index < -0.39 is 0 Å². The van der Waals surface area contributed by atoms with Gasteiger partial charge in [-0.2, -0.15) is 0 Å². The van der Waals surface area contributed by atoms with Gasteiger partial charge in [0.25, 0.3) is 0 Å². The summed E-state index contributed by atoms with van der Waals surface area (Å²) in [5.41, 5.74) is 2.64. The van der Waals surface area contributed by atoms with Crippen LogP contribution in [0, 0.1) is 0 Å². The number of hydrogen-bond donors (Lipinski definition) is 0. The summed E-state index contributed by atoms with van der Waals surface area (Å²) in [7, 11) is 1.70. The lowest BCUT2D eigenvalue weighted by molar-refractivity contribution is 0.222. The van der Waals surface area contributed by atoms with Crippen LogP contribution in [0.25, 0.3) is 0 Å². The van der Waals surface area contributed by atoms with E-state index in [2.05, 4.69) is 36.4 Å². The molecular formula is C17H18O2. The molecule has 0 spiro atoms. The third kappa shape index (κ3) is 2.73. The van der Waals surface area contributed by atoms with E-state index >= 15 is 0 Å². The highest BCUT2D eigenvalue weighted by Crippen LogP contribution is 2.33. The van der Waals surface area contributed by atoms with Gasteiger partial charge in [0.05, 0.1) is 7.11 Å². The summed E-state index contributed by atoms with van der Waals surface area (Å²) in [6.07, 6.45) is 3.40. The van der Waals surface area contributed by atoms with Gasteiger partial charge in [0.1, 0.15) is 17.6 Å². The molecule has 1 aliphatic rings. The fourth-order valence-corrected chi connectivity index (χ4v) is 2.56. The molecule has 2 aromatic rings. The second-order valence-electron chi connectivity index (χ2n) is 4.94. The minimum atomic E-state index is 0.294. The summed E-state index contributed by atoms with van der Waals surface area (Å²) < 4.78 is 11.2. The molecule has 0 bridgehead atoms. The summed E-state index contributed by atoms with van der Waals surface area (Å²) in [5, 5.41) is 0. The van der Waals surface area contributed by atoms with Crippen molar-refractivity contribution in [3.05, 3.63) is 59.7 Å². The van der Waals surface area contributed by atoms with E-state index in [1.54, 1.807) is 7.11 Å². The third-order valence-electron chi connectivity index (χ3n) is 3.61. The van der Waals surface area contributed by atoms with E-state index in [0.29, 0.717) is 6.10 Å². The number of fused-ring (bicyclic) bond motifs is 1. The number of aryl methyl sites for hydroxylation is 1. The van der Waals surface area contributed by atoms with Gasteiger partial charge in [-0.05, 0) is 36.6 Å². The van der Waals surface area contributed by atoms with E-state index in [9.17, 15) is 0 Å². The van der Waals surface area contributed by atoms with Crippen LogP contribution in [0.3, 0.4) is 0 Å². The molecule has 0 saturated heterocycles. The van der Waals surface area contributed by atoms with Gasteiger partial charge < -0.3 is 9.47 Å². The Balaban J connectivity index is 1.61. The molecule has 2 aromatic carbocycles. The topological polar surface area (TPSA) is 18.5 Å². The van der Waals surface area contributed by atoms with Crippen molar-refractivity contribution < 1.29 is 9.47 Å². The third-order valence-corrected chi connectivity index (χ3v) is 3.61. The van der Waals surface area contributed by atoms with Crippen LogP contribution in [0.4, 0.5) is 0 Å². The van der Waals surface area contributed by atoms with Crippen LogP contribution < -0.4 is 9.47 Å². The number of ether oxygens (including phenoxy) is 2. The fourth-order valence-electron chi connectivity index (χ4n) is 2.56. The Morgan fingerprint density at radius 3 is 2.79 bits per heavy atom. The molecule has 98 valence electrons. The minimum Gasteiger partial charge on any atom is -0.497 e. The summed E-state index contributed by atoms with van der Waals surface area (Å²) in [5.74, 6) is 1.92. The van der Waals surface area contributed by atoms with Crippen LogP contribution in [0.15, 0.2) is 48.5 Å². The molecule has 2 heteroatoms. The van der Waals surface area contributed by atoms with Gasteiger partial charge in [-0.3, -0.25) is 0 Å². The summed E-state index contributed by atoms with van der Waals surface area (Å²) in [6, 6.07) is 16.6. The summed E-state index contributed by atoms with van der Waals surface area (Å²) in [4.78, 5) is 0. The molecular weight excluding hydrogens is 236 g/mol.